The van der Waals surface area contributed by atoms with Crippen molar-refractivity contribution in [1.29, 1.82) is 5.26 Å². The van der Waals surface area contributed by atoms with Crippen molar-refractivity contribution in [1.82, 2.24) is 25.0 Å². The number of amides is 1. The summed E-state index contributed by atoms with van der Waals surface area (Å²) < 4.78 is 1.49. The molecule has 0 aromatic carbocycles. The standard InChI is InChI=1S/C16H17N7OS2/c1-10-15(26-11(2)18-10)13-9-25-16(19-13)20-14(24)8-23-7-12(21-22-23)5-3-4-6-17/h7,9H,3-5,8H2,1-2H3,(H,19,20,24). The van der Waals surface area contributed by atoms with Gasteiger partial charge in [0.1, 0.15) is 6.54 Å². The lowest BCUT2D eigenvalue weighted by Crippen LogP contribution is -2.19. The van der Waals surface area contributed by atoms with Crippen molar-refractivity contribution in [3.05, 3.63) is 28.0 Å². The van der Waals surface area contributed by atoms with Gasteiger partial charge < -0.3 is 5.32 Å². The summed E-state index contributed by atoms with van der Waals surface area (Å²) in [5, 5.41) is 22.7. The summed E-state index contributed by atoms with van der Waals surface area (Å²) in [6.45, 7) is 3.98. The number of hydrogen-bond donors (Lipinski definition) is 1. The predicted octanol–water partition coefficient (Wildman–Crippen LogP) is 2.96. The normalized spacial score (nSPS) is 10.7. The molecule has 134 valence electrons. The van der Waals surface area contributed by atoms with Crippen molar-refractivity contribution in [2.24, 2.45) is 0 Å². The van der Waals surface area contributed by atoms with Crippen molar-refractivity contribution in [3.8, 4) is 16.6 Å². The third-order valence-corrected chi connectivity index (χ3v) is 5.35. The second-order valence-corrected chi connectivity index (χ2v) is 7.71. The largest absolute Gasteiger partial charge is 0.300 e. The van der Waals surface area contributed by atoms with E-state index in [2.05, 4.69) is 31.7 Å². The molecule has 3 heterocycles. The highest BCUT2D eigenvalue weighted by Gasteiger charge is 2.13. The van der Waals surface area contributed by atoms with E-state index in [1.54, 1.807) is 17.5 Å². The summed E-state index contributed by atoms with van der Waals surface area (Å²) in [6.07, 6.45) is 3.63. The molecule has 1 amide bonds. The second-order valence-electron chi connectivity index (χ2n) is 5.65. The first-order valence-corrected chi connectivity index (χ1v) is 9.70. The van der Waals surface area contributed by atoms with Gasteiger partial charge in [-0.2, -0.15) is 5.26 Å². The van der Waals surface area contributed by atoms with Crippen LogP contribution in [0.4, 0.5) is 5.13 Å². The van der Waals surface area contributed by atoms with Crippen LogP contribution in [0.2, 0.25) is 0 Å². The first-order valence-electron chi connectivity index (χ1n) is 8.01. The van der Waals surface area contributed by atoms with E-state index in [0.29, 0.717) is 18.0 Å². The van der Waals surface area contributed by atoms with Crippen LogP contribution in [-0.2, 0) is 17.8 Å². The molecule has 0 fully saturated rings. The summed E-state index contributed by atoms with van der Waals surface area (Å²) in [5.41, 5.74) is 2.55. The Balaban J connectivity index is 1.57. The summed E-state index contributed by atoms with van der Waals surface area (Å²) >= 11 is 2.97. The maximum atomic E-state index is 12.2. The molecule has 3 aromatic rings. The molecule has 0 unspecified atom stereocenters. The molecule has 0 atom stereocenters. The number of hydrogen-bond acceptors (Lipinski definition) is 8. The van der Waals surface area contributed by atoms with Crippen molar-refractivity contribution >= 4 is 33.7 Å². The number of unbranched alkanes of at least 4 members (excludes halogenated alkanes) is 1. The van der Waals surface area contributed by atoms with Crippen LogP contribution >= 0.6 is 22.7 Å². The Labute approximate surface area is 158 Å². The Morgan fingerprint density at radius 1 is 1.38 bits per heavy atom. The smallest absolute Gasteiger partial charge is 0.247 e. The number of carbonyl (C=O) groups excluding carboxylic acids is 1. The minimum atomic E-state index is -0.211. The van der Waals surface area contributed by atoms with Crippen molar-refractivity contribution in [2.75, 3.05) is 5.32 Å². The van der Waals surface area contributed by atoms with Gasteiger partial charge in [-0.25, -0.2) is 14.6 Å². The van der Waals surface area contributed by atoms with E-state index in [9.17, 15) is 4.79 Å². The number of thiazole rings is 2. The summed E-state index contributed by atoms with van der Waals surface area (Å²) in [7, 11) is 0. The van der Waals surface area contributed by atoms with Gasteiger partial charge >= 0.3 is 0 Å². The SMILES string of the molecule is Cc1nc(C)c(-c2csc(NC(=O)Cn3cc(CCCC#N)nn3)n2)s1. The Hall–Kier alpha value is -2.64. The highest BCUT2D eigenvalue weighted by atomic mass is 32.1. The van der Waals surface area contributed by atoms with Gasteiger partial charge in [0.2, 0.25) is 5.91 Å². The zero-order valence-corrected chi connectivity index (χ0v) is 16.0. The van der Waals surface area contributed by atoms with E-state index >= 15 is 0 Å². The molecule has 10 heteroatoms. The van der Waals surface area contributed by atoms with E-state index in [0.717, 1.165) is 33.4 Å². The number of nitriles is 1. The molecule has 0 bridgehead atoms. The molecule has 3 rings (SSSR count). The quantitative estimate of drug-likeness (QED) is 0.624. The highest BCUT2D eigenvalue weighted by Crippen LogP contribution is 2.31. The van der Waals surface area contributed by atoms with Crippen LogP contribution in [0.25, 0.3) is 10.6 Å². The van der Waals surface area contributed by atoms with Gasteiger partial charge in [0.05, 0.1) is 33.0 Å². The summed E-state index contributed by atoms with van der Waals surface area (Å²) in [6, 6.07) is 2.09. The van der Waals surface area contributed by atoms with Gasteiger partial charge in [0.15, 0.2) is 5.13 Å². The van der Waals surface area contributed by atoms with Crippen molar-refractivity contribution in [3.63, 3.8) is 0 Å². The van der Waals surface area contributed by atoms with Gasteiger partial charge in [-0.05, 0) is 26.7 Å². The maximum Gasteiger partial charge on any atom is 0.247 e. The third-order valence-electron chi connectivity index (χ3n) is 3.50. The zero-order valence-electron chi connectivity index (χ0n) is 14.4. The molecule has 26 heavy (non-hydrogen) atoms. The zero-order chi connectivity index (χ0) is 18.5. The Morgan fingerprint density at radius 2 is 2.23 bits per heavy atom. The molecule has 3 aromatic heterocycles. The lowest BCUT2D eigenvalue weighted by Gasteiger charge is -2.00. The predicted molar refractivity (Wildman–Crippen MR) is 99.9 cm³/mol. The number of nitrogens with zero attached hydrogens (tertiary/aromatic N) is 6. The van der Waals surface area contributed by atoms with Gasteiger partial charge in [-0.1, -0.05) is 5.21 Å². The molecule has 0 aliphatic rings. The van der Waals surface area contributed by atoms with Crippen LogP contribution in [0.5, 0.6) is 0 Å². The molecular weight excluding hydrogens is 370 g/mol. The number of rotatable bonds is 7. The first kappa shape index (κ1) is 18.2. The summed E-state index contributed by atoms with van der Waals surface area (Å²) in [4.78, 5) is 22.1. The minimum Gasteiger partial charge on any atom is -0.300 e. The van der Waals surface area contributed by atoms with E-state index < -0.39 is 0 Å². The number of aromatic nitrogens is 5. The van der Waals surface area contributed by atoms with Crippen LogP contribution in [0.3, 0.4) is 0 Å². The van der Waals surface area contributed by atoms with Gasteiger partial charge in [0.25, 0.3) is 0 Å². The van der Waals surface area contributed by atoms with E-state index in [1.807, 2.05) is 19.2 Å². The van der Waals surface area contributed by atoms with Crippen molar-refractivity contribution < 1.29 is 4.79 Å². The molecule has 0 saturated heterocycles. The maximum absolute atomic E-state index is 12.2. The number of nitrogens with one attached hydrogen (secondary N) is 1. The lowest BCUT2D eigenvalue weighted by atomic mass is 10.2. The molecule has 0 aliphatic heterocycles. The third kappa shape index (κ3) is 4.50. The Morgan fingerprint density at radius 3 is 2.96 bits per heavy atom. The van der Waals surface area contributed by atoms with Crippen LogP contribution < -0.4 is 5.32 Å². The second kappa shape index (κ2) is 8.16. The topological polar surface area (TPSA) is 109 Å². The molecule has 0 radical (unpaired) electrons. The molecule has 0 saturated carbocycles. The monoisotopic (exact) mass is 387 g/mol. The van der Waals surface area contributed by atoms with Crippen LogP contribution in [0, 0.1) is 25.2 Å². The average molecular weight is 387 g/mol. The molecule has 0 spiro atoms. The van der Waals surface area contributed by atoms with Crippen LogP contribution in [0.15, 0.2) is 11.6 Å². The van der Waals surface area contributed by atoms with E-state index in [4.69, 9.17) is 5.26 Å². The first-order chi connectivity index (χ1) is 12.5. The molecule has 0 aliphatic carbocycles. The Kier molecular flexibility index (Phi) is 5.70. The van der Waals surface area contributed by atoms with E-state index in [1.165, 1.54) is 16.0 Å². The minimum absolute atomic E-state index is 0.0683. The number of anilines is 1. The van der Waals surface area contributed by atoms with E-state index in [-0.39, 0.29) is 12.5 Å². The fraction of sp³-hybridized carbons (Fsp3) is 0.375. The number of aryl methyl sites for hydroxylation is 3. The van der Waals surface area contributed by atoms with Gasteiger partial charge in [-0.3, -0.25) is 4.79 Å². The lowest BCUT2D eigenvalue weighted by molar-refractivity contribution is -0.116. The fourth-order valence-electron chi connectivity index (χ4n) is 2.39. The molecular formula is C16H17N7OS2. The van der Waals surface area contributed by atoms with Crippen molar-refractivity contribution in [2.45, 2.75) is 39.7 Å². The highest BCUT2D eigenvalue weighted by molar-refractivity contribution is 7.16. The molecule has 1 N–H and O–H groups in total. The number of carbonyl (C=O) groups is 1. The fourth-order valence-corrected chi connectivity index (χ4v) is 4.06. The van der Waals surface area contributed by atoms with Crippen LogP contribution in [-0.4, -0.2) is 30.9 Å². The average Bonchev–Trinajstić information content (AvgIpc) is 3.29. The molecule has 8 nitrogen and oxygen atoms in total. The Bertz CT molecular complexity index is 950. The summed E-state index contributed by atoms with van der Waals surface area (Å²) in [5.74, 6) is -0.211. The van der Waals surface area contributed by atoms with Crippen LogP contribution in [0.1, 0.15) is 29.2 Å². The van der Waals surface area contributed by atoms with Gasteiger partial charge in [0, 0.05) is 18.0 Å². The van der Waals surface area contributed by atoms with Gasteiger partial charge in [-0.15, -0.1) is 27.8 Å².